The van der Waals surface area contributed by atoms with Gasteiger partial charge in [-0.15, -0.1) is 0 Å². The van der Waals surface area contributed by atoms with Crippen LogP contribution in [-0.4, -0.2) is 55.5 Å². The summed E-state index contributed by atoms with van der Waals surface area (Å²) < 4.78 is 28.9. The summed E-state index contributed by atoms with van der Waals surface area (Å²) in [5, 5.41) is 18.7. The van der Waals surface area contributed by atoms with Gasteiger partial charge in [0.05, 0.1) is 17.5 Å². The summed E-state index contributed by atoms with van der Waals surface area (Å²) >= 11 is 0. The first kappa shape index (κ1) is 33.1. The van der Waals surface area contributed by atoms with Crippen LogP contribution in [0.4, 0.5) is 11.4 Å². The van der Waals surface area contributed by atoms with Crippen LogP contribution in [0.1, 0.15) is 38.7 Å². The van der Waals surface area contributed by atoms with Crippen molar-refractivity contribution in [2.45, 2.75) is 56.5 Å². The van der Waals surface area contributed by atoms with Crippen LogP contribution in [0.2, 0.25) is 0 Å². The molecule has 0 bridgehead atoms. The topological polar surface area (TPSA) is 125 Å². The van der Waals surface area contributed by atoms with E-state index in [9.17, 15) is 18.3 Å². The minimum absolute atomic E-state index is 0.0706. The first-order valence-corrected chi connectivity index (χ1v) is 16.7. The number of anilines is 2. The Labute approximate surface area is 261 Å². The van der Waals surface area contributed by atoms with Crippen LogP contribution in [-0.2, 0) is 21.2 Å². The summed E-state index contributed by atoms with van der Waals surface area (Å²) in [7, 11) is -3.85. The quantitative estimate of drug-likeness (QED) is 0.124. The molecule has 4 rings (SSSR count). The van der Waals surface area contributed by atoms with Crippen LogP contribution in [0.3, 0.4) is 0 Å². The van der Waals surface area contributed by atoms with Crippen molar-refractivity contribution in [1.29, 1.82) is 0 Å². The minimum Gasteiger partial charge on any atom is -0.395 e. The first-order chi connectivity index (χ1) is 21.2. The average Bonchev–Trinajstić information content (AvgIpc) is 3.02. The maximum Gasteiger partial charge on any atom is 0.243 e. The van der Waals surface area contributed by atoms with Gasteiger partial charge < -0.3 is 21.5 Å². The summed E-state index contributed by atoms with van der Waals surface area (Å²) in [6.45, 7) is 4.34. The van der Waals surface area contributed by atoms with E-state index in [1.165, 1.54) is 4.31 Å². The number of fused-ring (bicyclic) bond motifs is 1. The molecule has 5 N–H and O–H groups in total. The molecule has 2 atom stereocenters. The van der Waals surface area contributed by atoms with E-state index in [0.29, 0.717) is 32.2 Å². The molecular weight excluding hydrogens is 572 g/mol. The Bertz CT molecular complexity index is 1590. The summed E-state index contributed by atoms with van der Waals surface area (Å²) in [5.41, 5.74) is 8.89. The number of hydrogen-bond donors (Lipinski definition) is 4. The number of unbranched alkanes of at least 4 members (excludes halogenated alkanes) is 1. The molecule has 4 aromatic carbocycles. The lowest BCUT2D eigenvalue weighted by Crippen LogP contribution is -2.44. The lowest BCUT2D eigenvalue weighted by atomic mass is 10.0. The van der Waals surface area contributed by atoms with E-state index >= 15 is 0 Å². The zero-order valence-electron chi connectivity index (χ0n) is 25.5. The van der Waals surface area contributed by atoms with Gasteiger partial charge in [-0.1, -0.05) is 80.9 Å². The molecular formula is C35H44N4O4S. The second kappa shape index (κ2) is 15.8. The van der Waals surface area contributed by atoms with Crippen molar-refractivity contribution in [3.63, 3.8) is 0 Å². The van der Waals surface area contributed by atoms with Crippen LogP contribution in [0.15, 0.2) is 102 Å². The number of carbonyl (C=O) groups is 1. The van der Waals surface area contributed by atoms with Crippen LogP contribution >= 0.6 is 0 Å². The third kappa shape index (κ3) is 9.12. The predicted molar refractivity (Wildman–Crippen MR) is 178 cm³/mol. The molecule has 0 aliphatic rings. The molecule has 9 heteroatoms. The Kier molecular flexibility index (Phi) is 11.9. The monoisotopic (exact) mass is 616 g/mol. The van der Waals surface area contributed by atoms with Crippen molar-refractivity contribution in [2.75, 3.05) is 25.0 Å². The Morgan fingerprint density at radius 3 is 2.20 bits per heavy atom. The highest BCUT2D eigenvalue weighted by Gasteiger charge is 2.31. The highest BCUT2D eigenvalue weighted by atomic mass is 32.2. The summed E-state index contributed by atoms with van der Waals surface area (Å²) in [5.74, 6) is -0.146. The van der Waals surface area contributed by atoms with Gasteiger partial charge in [0, 0.05) is 30.5 Å². The van der Waals surface area contributed by atoms with Crippen LogP contribution in [0.5, 0.6) is 0 Å². The molecule has 0 saturated carbocycles. The van der Waals surface area contributed by atoms with Gasteiger partial charge in [-0.25, -0.2) is 8.42 Å². The highest BCUT2D eigenvalue weighted by Crippen LogP contribution is 2.25. The predicted octanol–water partition coefficient (Wildman–Crippen LogP) is 5.45. The van der Waals surface area contributed by atoms with Crippen LogP contribution in [0.25, 0.3) is 10.8 Å². The van der Waals surface area contributed by atoms with Gasteiger partial charge in [-0.05, 0) is 77.9 Å². The molecule has 0 fully saturated rings. The van der Waals surface area contributed by atoms with Crippen molar-refractivity contribution in [1.82, 2.24) is 9.62 Å². The van der Waals surface area contributed by atoms with Crippen molar-refractivity contribution in [2.24, 2.45) is 11.7 Å². The molecule has 0 aromatic heterocycles. The summed E-state index contributed by atoms with van der Waals surface area (Å²) in [6.07, 6.45) is 2.18. The van der Waals surface area contributed by atoms with Gasteiger partial charge in [-0.3, -0.25) is 4.79 Å². The average molecular weight is 617 g/mol. The molecule has 0 aliphatic carbocycles. The van der Waals surface area contributed by atoms with Crippen LogP contribution < -0.4 is 16.4 Å². The summed E-state index contributed by atoms with van der Waals surface area (Å²) in [4.78, 5) is 12.8. The standard InChI is InChI=1S/C35H44N4O4S/c1-26(2)24-39(44(42,43)33-19-17-31(18-20-33)38-30-12-4-3-5-13-30)32(25-40)14-8-9-21-37-35(41)34(36)23-27-15-16-28-10-6-7-11-29(28)22-27/h3-7,10-13,15-20,22,26,32,34,38,40H,8-9,14,21,23-25,36H2,1-2H3,(H,37,41)/t32-,34-/m0/s1. The fraction of sp³-hybridized carbons (Fsp3) is 0.343. The molecule has 0 radical (unpaired) electrons. The number of para-hydroxylation sites is 1. The molecule has 1 amide bonds. The van der Waals surface area contributed by atoms with Crippen molar-refractivity contribution < 1.29 is 18.3 Å². The van der Waals surface area contributed by atoms with Gasteiger partial charge in [0.1, 0.15) is 0 Å². The number of hydrogen-bond acceptors (Lipinski definition) is 6. The normalized spacial score (nSPS) is 13.2. The lowest BCUT2D eigenvalue weighted by molar-refractivity contribution is -0.122. The van der Waals surface area contributed by atoms with E-state index in [2.05, 4.69) is 16.7 Å². The fourth-order valence-electron chi connectivity index (χ4n) is 5.22. The van der Waals surface area contributed by atoms with Gasteiger partial charge in [-0.2, -0.15) is 4.31 Å². The second-order valence-electron chi connectivity index (χ2n) is 11.6. The third-order valence-corrected chi connectivity index (χ3v) is 9.49. The van der Waals surface area contributed by atoms with Crippen molar-refractivity contribution in [3.8, 4) is 0 Å². The second-order valence-corrected chi connectivity index (χ2v) is 13.5. The zero-order chi connectivity index (χ0) is 31.5. The maximum absolute atomic E-state index is 13.7. The Balaban J connectivity index is 1.29. The Morgan fingerprint density at radius 2 is 1.52 bits per heavy atom. The Hall–Kier alpha value is -3.76. The number of nitrogens with one attached hydrogen (secondary N) is 2. The Morgan fingerprint density at radius 1 is 0.864 bits per heavy atom. The zero-order valence-corrected chi connectivity index (χ0v) is 26.3. The number of aliphatic hydroxyl groups is 1. The SMILES string of the molecule is CC(C)CN([C@H](CO)CCCCNC(=O)[C@@H](N)Cc1ccc2ccccc2c1)S(=O)(=O)c1ccc(Nc2ccccc2)cc1. The lowest BCUT2D eigenvalue weighted by Gasteiger charge is -2.31. The van der Waals surface area contributed by atoms with E-state index in [-0.39, 0.29) is 29.9 Å². The van der Waals surface area contributed by atoms with E-state index in [1.807, 2.05) is 80.6 Å². The number of sulfonamides is 1. The number of carbonyl (C=O) groups excluding carboxylic acids is 1. The molecule has 0 heterocycles. The van der Waals surface area contributed by atoms with E-state index in [1.54, 1.807) is 24.3 Å². The van der Waals surface area contributed by atoms with Gasteiger partial charge in [0.2, 0.25) is 15.9 Å². The smallest absolute Gasteiger partial charge is 0.243 e. The first-order valence-electron chi connectivity index (χ1n) is 15.2. The number of rotatable bonds is 16. The number of amides is 1. The van der Waals surface area contributed by atoms with Gasteiger partial charge >= 0.3 is 0 Å². The summed E-state index contributed by atoms with van der Waals surface area (Å²) in [6, 6.07) is 29.3. The van der Waals surface area contributed by atoms with Crippen LogP contribution in [0, 0.1) is 5.92 Å². The number of aliphatic hydroxyl groups excluding tert-OH is 1. The third-order valence-electron chi connectivity index (χ3n) is 7.56. The molecule has 0 unspecified atom stereocenters. The minimum atomic E-state index is -3.85. The molecule has 0 saturated heterocycles. The molecule has 234 valence electrons. The van der Waals surface area contributed by atoms with Gasteiger partial charge in [0.25, 0.3) is 0 Å². The fourth-order valence-corrected chi connectivity index (χ4v) is 7.03. The number of benzene rings is 4. The molecule has 0 aliphatic heterocycles. The van der Waals surface area contributed by atoms with E-state index < -0.39 is 22.1 Å². The van der Waals surface area contributed by atoms with Gasteiger partial charge in [0.15, 0.2) is 0 Å². The van der Waals surface area contributed by atoms with Crippen molar-refractivity contribution in [3.05, 3.63) is 103 Å². The van der Waals surface area contributed by atoms with E-state index in [4.69, 9.17) is 5.73 Å². The molecule has 0 spiro atoms. The largest absolute Gasteiger partial charge is 0.395 e. The van der Waals surface area contributed by atoms with E-state index in [0.717, 1.165) is 27.7 Å². The molecule has 4 aromatic rings. The highest BCUT2D eigenvalue weighted by molar-refractivity contribution is 7.89. The number of nitrogens with zero attached hydrogens (tertiary/aromatic N) is 1. The number of nitrogens with two attached hydrogens (primary N) is 1. The van der Waals surface area contributed by atoms with Crippen molar-refractivity contribution >= 4 is 38.1 Å². The molecule has 8 nitrogen and oxygen atoms in total. The maximum atomic E-state index is 13.7. The molecule has 44 heavy (non-hydrogen) atoms.